The number of nitro benzene ring substituents is 1. The summed E-state index contributed by atoms with van der Waals surface area (Å²) in [5.41, 5.74) is 5.08. The fraction of sp³-hybridized carbons (Fsp3) is 0.303. The van der Waals surface area contributed by atoms with Crippen molar-refractivity contribution in [2.75, 3.05) is 25.4 Å². The van der Waals surface area contributed by atoms with Gasteiger partial charge in [-0.25, -0.2) is 4.98 Å². The number of carbonyl (C=O) groups excluding carboxylic acids is 2. The number of piperazine rings is 1. The number of aryl methyl sites for hydroxylation is 1. The maximum atomic E-state index is 13.1. The van der Waals surface area contributed by atoms with Gasteiger partial charge >= 0.3 is 0 Å². The molecular formula is C33H32ClN7O4S. The Kier molecular flexibility index (Phi) is 9.18. The number of benzene rings is 3. The zero-order valence-electron chi connectivity index (χ0n) is 25.4. The maximum absolute atomic E-state index is 13.1. The van der Waals surface area contributed by atoms with E-state index in [2.05, 4.69) is 39.9 Å². The quantitative estimate of drug-likeness (QED) is 0.0800. The lowest BCUT2D eigenvalue weighted by Gasteiger charge is -2.40. The summed E-state index contributed by atoms with van der Waals surface area (Å²) in [5, 5.41) is 21.6. The number of amides is 2. The first-order chi connectivity index (χ1) is 22.2. The number of carbonyl (C=O) groups is 2. The van der Waals surface area contributed by atoms with Gasteiger partial charge < -0.3 is 14.4 Å². The maximum Gasteiger partial charge on any atom is 0.270 e. The zero-order chi connectivity index (χ0) is 32.4. The second-order valence-corrected chi connectivity index (χ2v) is 12.8. The van der Waals surface area contributed by atoms with Crippen LogP contribution >= 0.6 is 23.4 Å². The van der Waals surface area contributed by atoms with Crippen molar-refractivity contribution in [1.82, 2.24) is 29.5 Å². The van der Waals surface area contributed by atoms with Gasteiger partial charge in [-0.15, -0.1) is 10.2 Å². The first kappa shape index (κ1) is 31.4. The molecule has 1 unspecified atom stereocenters. The topological polar surface area (TPSA) is 127 Å². The van der Waals surface area contributed by atoms with Gasteiger partial charge in [0.15, 0.2) is 5.65 Å². The van der Waals surface area contributed by atoms with E-state index in [0.29, 0.717) is 49.9 Å². The molecule has 1 saturated heterocycles. The normalized spacial score (nSPS) is 15.1. The van der Waals surface area contributed by atoms with Crippen LogP contribution < -0.4 is 0 Å². The lowest BCUT2D eigenvalue weighted by atomic mass is 10.1. The minimum absolute atomic E-state index is 0.0285. The lowest BCUT2D eigenvalue weighted by molar-refractivity contribution is -0.384. The molecule has 1 fully saturated rings. The third-order valence-corrected chi connectivity index (χ3v) is 9.58. The van der Waals surface area contributed by atoms with Crippen molar-refractivity contribution < 1.29 is 14.5 Å². The third kappa shape index (κ3) is 6.40. The van der Waals surface area contributed by atoms with Crippen molar-refractivity contribution in [3.63, 3.8) is 0 Å². The van der Waals surface area contributed by atoms with Crippen LogP contribution in [0.1, 0.15) is 41.3 Å². The van der Waals surface area contributed by atoms with E-state index in [9.17, 15) is 19.7 Å². The van der Waals surface area contributed by atoms with Crippen LogP contribution in [0.2, 0.25) is 5.02 Å². The van der Waals surface area contributed by atoms with Crippen LogP contribution in [0, 0.1) is 17.0 Å². The summed E-state index contributed by atoms with van der Waals surface area (Å²) in [5.74, 6) is 0.379. The molecule has 0 saturated carbocycles. The van der Waals surface area contributed by atoms with Crippen LogP contribution in [0.3, 0.4) is 0 Å². The molecule has 1 atom stereocenters. The molecule has 3 heterocycles. The van der Waals surface area contributed by atoms with E-state index in [0.717, 1.165) is 22.1 Å². The molecule has 0 radical (unpaired) electrons. The molecule has 1 aliphatic rings. The molecule has 1 aliphatic heterocycles. The number of non-ortho nitro benzene ring substituents is 1. The Morgan fingerprint density at radius 2 is 1.85 bits per heavy atom. The average Bonchev–Trinajstić information content (AvgIpc) is 3.36. The molecule has 2 amide bonds. The highest BCUT2D eigenvalue weighted by atomic mass is 35.5. The van der Waals surface area contributed by atoms with Crippen molar-refractivity contribution >= 4 is 62.9 Å². The molecule has 0 aliphatic carbocycles. The van der Waals surface area contributed by atoms with Gasteiger partial charge in [0, 0.05) is 61.9 Å². The van der Waals surface area contributed by atoms with Gasteiger partial charge in [-0.2, -0.15) is 0 Å². The minimum atomic E-state index is -0.554. The lowest BCUT2D eigenvalue weighted by Crippen LogP contribution is -2.55. The van der Waals surface area contributed by atoms with E-state index < -0.39 is 4.92 Å². The first-order valence-electron chi connectivity index (χ1n) is 15.0. The van der Waals surface area contributed by atoms with Crippen molar-refractivity contribution in [2.24, 2.45) is 0 Å². The van der Waals surface area contributed by atoms with Crippen LogP contribution in [0.25, 0.3) is 22.1 Å². The molecule has 11 nitrogen and oxygen atoms in total. The van der Waals surface area contributed by atoms with Crippen LogP contribution in [0.15, 0.2) is 71.9 Å². The van der Waals surface area contributed by atoms with E-state index in [4.69, 9.17) is 16.6 Å². The van der Waals surface area contributed by atoms with E-state index in [1.54, 1.807) is 9.80 Å². The highest BCUT2D eigenvalue weighted by molar-refractivity contribution is 7.99. The Bertz CT molecular complexity index is 1970. The molecule has 5 aromatic rings. The summed E-state index contributed by atoms with van der Waals surface area (Å²) in [6.07, 6.45) is 1.01. The van der Waals surface area contributed by atoms with Gasteiger partial charge in [0.1, 0.15) is 5.52 Å². The van der Waals surface area contributed by atoms with Crippen LogP contribution in [0.4, 0.5) is 5.69 Å². The summed E-state index contributed by atoms with van der Waals surface area (Å²) in [7, 11) is 0. The second-order valence-electron chi connectivity index (χ2n) is 11.4. The zero-order valence-corrected chi connectivity index (χ0v) is 27.0. The number of rotatable bonds is 9. The minimum Gasteiger partial charge on any atom is -0.339 e. The molecule has 13 heteroatoms. The predicted molar refractivity (Wildman–Crippen MR) is 178 cm³/mol. The van der Waals surface area contributed by atoms with Crippen molar-refractivity contribution in [3.8, 4) is 0 Å². The SMILES string of the molecule is Cc1ccccc1Cn1c2ccccc2c2nnc(SCCCC(=O)N3CCN(C(=O)c4ccc([N+](=O)[O-])cc4Cl)C(C)C3)nc21. The van der Waals surface area contributed by atoms with Crippen molar-refractivity contribution in [2.45, 2.75) is 44.4 Å². The third-order valence-electron chi connectivity index (χ3n) is 8.35. The van der Waals surface area contributed by atoms with Crippen molar-refractivity contribution in [1.29, 1.82) is 0 Å². The Morgan fingerprint density at radius 3 is 2.61 bits per heavy atom. The van der Waals surface area contributed by atoms with Crippen molar-refractivity contribution in [3.05, 3.63) is 98.6 Å². The molecule has 46 heavy (non-hydrogen) atoms. The average molecular weight is 658 g/mol. The number of fused-ring (bicyclic) bond motifs is 3. The van der Waals surface area contributed by atoms with Crippen LogP contribution in [-0.4, -0.2) is 77.7 Å². The first-order valence-corrected chi connectivity index (χ1v) is 16.4. The molecule has 236 valence electrons. The molecular weight excluding hydrogens is 626 g/mol. The van der Waals surface area contributed by atoms with Gasteiger partial charge in [-0.1, -0.05) is 65.8 Å². The number of aromatic nitrogens is 4. The molecule has 0 spiro atoms. The molecule has 0 N–H and O–H groups in total. The van der Waals surface area contributed by atoms with Gasteiger partial charge in [-0.05, 0) is 43.5 Å². The number of hydrogen-bond donors (Lipinski definition) is 0. The Hall–Kier alpha value is -4.55. The van der Waals surface area contributed by atoms with Gasteiger partial charge in [0.05, 0.1) is 21.0 Å². The van der Waals surface area contributed by atoms with E-state index in [1.807, 2.05) is 37.3 Å². The Morgan fingerprint density at radius 1 is 1.07 bits per heavy atom. The van der Waals surface area contributed by atoms with Gasteiger partial charge in [0.25, 0.3) is 11.6 Å². The number of hydrogen-bond acceptors (Lipinski definition) is 8. The highest BCUT2D eigenvalue weighted by Crippen LogP contribution is 2.29. The van der Waals surface area contributed by atoms with E-state index >= 15 is 0 Å². The smallest absolute Gasteiger partial charge is 0.270 e. The van der Waals surface area contributed by atoms with Gasteiger partial charge in [-0.3, -0.25) is 19.7 Å². The largest absolute Gasteiger partial charge is 0.339 e. The molecule has 0 bridgehead atoms. The van der Waals surface area contributed by atoms with E-state index in [1.165, 1.54) is 41.1 Å². The van der Waals surface area contributed by atoms with Crippen LogP contribution in [0.5, 0.6) is 0 Å². The molecule has 6 rings (SSSR count). The second kappa shape index (κ2) is 13.4. The summed E-state index contributed by atoms with van der Waals surface area (Å²) >= 11 is 7.67. The summed E-state index contributed by atoms with van der Waals surface area (Å²) in [4.78, 5) is 45.0. The summed E-state index contributed by atoms with van der Waals surface area (Å²) in [6.45, 7) is 5.82. The summed E-state index contributed by atoms with van der Waals surface area (Å²) in [6, 6.07) is 20.1. The summed E-state index contributed by atoms with van der Waals surface area (Å²) < 4.78 is 2.19. The Labute approximate surface area is 274 Å². The highest BCUT2D eigenvalue weighted by Gasteiger charge is 2.31. The number of halogens is 1. The number of thioether (sulfide) groups is 1. The fourth-order valence-electron chi connectivity index (χ4n) is 5.84. The standard InChI is InChI=1S/C33H32ClN7O4S/c1-21-8-3-4-9-23(21)20-40-28-11-6-5-10-26(28)30-31(40)35-33(37-36-30)46-17-7-12-29(42)38-15-16-39(22(2)19-38)32(43)25-14-13-24(41(44)45)18-27(25)34/h3-6,8-11,13-14,18,22H,7,12,15-17,19-20H2,1-2H3. The van der Waals surface area contributed by atoms with Crippen LogP contribution in [-0.2, 0) is 11.3 Å². The van der Waals surface area contributed by atoms with Gasteiger partial charge in [0.2, 0.25) is 11.1 Å². The predicted octanol–water partition coefficient (Wildman–Crippen LogP) is 6.14. The molecule has 2 aromatic heterocycles. The number of nitrogens with zero attached hydrogens (tertiary/aromatic N) is 7. The number of para-hydroxylation sites is 1. The number of nitro groups is 1. The fourth-order valence-corrected chi connectivity index (χ4v) is 6.82. The van der Waals surface area contributed by atoms with E-state index in [-0.39, 0.29) is 34.1 Å². The monoisotopic (exact) mass is 657 g/mol. The molecule has 3 aromatic carbocycles. The Balaban J connectivity index is 1.05.